The molecule has 0 unspecified atom stereocenters. The van der Waals surface area contributed by atoms with E-state index in [4.69, 9.17) is 9.47 Å². The molecule has 1 amide bonds. The number of para-hydroxylation sites is 1. The van der Waals surface area contributed by atoms with Gasteiger partial charge in [-0.1, -0.05) is 30.0 Å². The molecule has 10 heteroatoms. The van der Waals surface area contributed by atoms with Crippen molar-refractivity contribution in [2.75, 3.05) is 40.4 Å². The summed E-state index contributed by atoms with van der Waals surface area (Å²) < 4.78 is 13.1. The molecule has 0 radical (unpaired) electrons. The quantitative estimate of drug-likeness (QED) is 0.390. The minimum Gasteiger partial charge on any atom is -0.493 e. The van der Waals surface area contributed by atoms with Gasteiger partial charge < -0.3 is 19.7 Å². The summed E-state index contributed by atoms with van der Waals surface area (Å²) in [5.74, 6) is 2.17. The van der Waals surface area contributed by atoms with Crippen molar-refractivity contribution in [1.82, 2.24) is 19.6 Å². The van der Waals surface area contributed by atoms with Crippen LogP contribution in [0.1, 0.15) is 30.5 Å². The van der Waals surface area contributed by atoms with Gasteiger partial charge in [0.1, 0.15) is 5.65 Å². The summed E-state index contributed by atoms with van der Waals surface area (Å²) >= 11 is 1.51. The largest absolute Gasteiger partial charge is 0.493 e. The maximum absolute atomic E-state index is 12.9. The third-order valence-corrected chi connectivity index (χ3v) is 7.95. The summed E-state index contributed by atoms with van der Waals surface area (Å²) in [5, 5.41) is 4.21. The number of methoxy groups -OCH3 is 2. The number of rotatable bonds is 9. The molecule has 3 aromatic rings. The lowest BCUT2D eigenvalue weighted by Gasteiger charge is -2.32. The van der Waals surface area contributed by atoms with Gasteiger partial charge in [0.2, 0.25) is 0 Å². The summed E-state index contributed by atoms with van der Waals surface area (Å²) in [6.45, 7) is 3.96. The molecule has 5 rings (SSSR count). The van der Waals surface area contributed by atoms with Crippen LogP contribution in [0.25, 0.3) is 11.7 Å². The molecule has 2 aliphatic heterocycles. The topological polar surface area (TPSA) is 68.1 Å². The fraction of sp³-hybridized carbons (Fsp3) is 0.407. The van der Waals surface area contributed by atoms with Crippen molar-refractivity contribution >= 4 is 54.2 Å². The maximum Gasteiger partial charge on any atom is 0.258 e. The highest BCUT2D eigenvalue weighted by atomic mass is 35.5. The number of aromatic nitrogens is 2. The van der Waals surface area contributed by atoms with Gasteiger partial charge in [-0.25, -0.2) is 4.98 Å². The molecule has 7 nitrogen and oxygen atoms in total. The number of carbonyl (C=O) groups excluding carboxylic acids is 1. The van der Waals surface area contributed by atoms with E-state index in [1.54, 1.807) is 14.2 Å². The van der Waals surface area contributed by atoms with Crippen LogP contribution in [0.3, 0.4) is 0 Å². The third kappa shape index (κ3) is 6.55. The van der Waals surface area contributed by atoms with Crippen molar-refractivity contribution in [3.8, 4) is 11.5 Å². The molecular formula is C27H34Cl2N4O3S. The van der Waals surface area contributed by atoms with Gasteiger partial charge in [-0.05, 0) is 81.1 Å². The Labute approximate surface area is 234 Å². The van der Waals surface area contributed by atoms with Crippen molar-refractivity contribution in [2.45, 2.75) is 30.7 Å². The minimum absolute atomic E-state index is 0. The molecule has 1 fully saturated rings. The molecule has 37 heavy (non-hydrogen) atoms. The predicted octanol–water partition coefficient (Wildman–Crippen LogP) is 5.10. The van der Waals surface area contributed by atoms with Gasteiger partial charge >= 0.3 is 0 Å². The number of piperidine rings is 1. The van der Waals surface area contributed by atoms with Gasteiger partial charge in [-0.15, -0.1) is 24.8 Å². The van der Waals surface area contributed by atoms with E-state index in [0.717, 1.165) is 84.6 Å². The lowest BCUT2D eigenvalue weighted by atomic mass is 9.96. The molecule has 1 N–H and O–H groups in total. The fourth-order valence-corrected chi connectivity index (χ4v) is 5.99. The molecule has 0 spiro atoms. The summed E-state index contributed by atoms with van der Waals surface area (Å²) in [6.07, 6.45) is 8.04. The van der Waals surface area contributed by atoms with E-state index in [0.29, 0.717) is 5.92 Å². The Bertz CT molecular complexity index is 1240. The SMILES string of the molecule is COc1cccc(CCCN2CCC(CNC(=O)C3=Cc4cnc5cccc(n45)S3)CC2)c1OC.Cl.Cl. The molecule has 2 aliphatic rings. The third-order valence-electron chi connectivity index (χ3n) is 6.90. The zero-order chi connectivity index (χ0) is 24.2. The fourth-order valence-electron chi connectivity index (χ4n) is 4.98. The van der Waals surface area contributed by atoms with E-state index >= 15 is 0 Å². The Morgan fingerprint density at radius 3 is 2.65 bits per heavy atom. The number of likely N-dealkylation sites (tertiary alicyclic amines) is 1. The number of nitrogens with one attached hydrogen (secondary N) is 1. The molecule has 0 atom stereocenters. The number of pyridine rings is 1. The van der Waals surface area contributed by atoms with Crippen molar-refractivity contribution in [1.29, 1.82) is 0 Å². The molecule has 0 bridgehead atoms. The highest BCUT2D eigenvalue weighted by Gasteiger charge is 2.23. The van der Waals surface area contributed by atoms with Crippen molar-refractivity contribution in [3.63, 3.8) is 0 Å². The Kier molecular flexibility index (Phi) is 10.6. The molecule has 1 saturated heterocycles. The smallest absolute Gasteiger partial charge is 0.258 e. The number of amides is 1. The Hall–Kier alpha value is -2.39. The van der Waals surface area contributed by atoms with Crippen LogP contribution < -0.4 is 14.8 Å². The standard InChI is InChI=1S/C27H32N4O3S.2ClH/c1-33-22-8-3-6-20(26(22)34-2)7-5-13-30-14-11-19(12-15-30)17-29-27(32)23-16-21-18-28-24-9-4-10-25(35-23)31(21)24;;/h3-4,6,8-10,16,18-19H,5,7,11-15,17H2,1-2H3,(H,29,32);2*1H. The molecule has 0 saturated carbocycles. The summed E-state index contributed by atoms with van der Waals surface area (Å²) in [5.41, 5.74) is 3.06. The number of benzene rings is 1. The van der Waals surface area contributed by atoms with Gasteiger partial charge in [0, 0.05) is 6.54 Å². The van der Waals surface area contributed by atoms with Crippen molar-refractivity contribution in [2.24, 2.45) is 5.92 Å². The molecule has 0 aliphatic carbocycles. The molecule has 200 valence electrons. The number of carbonyl (C=O) groups is 1. The summed E-state index contributed by atoms with van der Waals surface area (Å²) in [4.78, 5) is 20.6. The molecule has 4 heterocycles. The molecule has 1 aromatic carbocycles. The number of imidazole rings is 1. The van der Waals surface area contributed by atoms with Gasteiger partial charge in [0.05, 0.1) is 36.0 Å². The molecular weight excluding hydrogens is 531 g/mol. The first-order valence-corrected chi connectivity index (χ1v) is 13.0. The first-order valence-electron chi connectivity index (χ1n) is 12.2. The van der Waals surface area contributed by atoms with Gasteiger partial charge in [0.15, 0.2) is 11.5 Å². The zero-order valence-corrected chi connectivity index (χ0v) is 23.6. The highest BCUT2D eigenvalue weighted by molar-refractivity contribution is 8.04. The minimum atomic E-state index is 0. The predicted molar refractivity (Wildman–Crippen MR) is 154 cm³/mol. The van der Waals surface area contributed by atoms with Crippen LogP contribution in [0.4, 0.5) is 0 Å². The van der Waals surface area contributed by atoms with Gasteiger partial charge in [0.25, 0.3) is 5.91 Å². The van der Waals surface area contributed by atoms with Crippen molar-refractivity contribution in [3.05, 3.63) is 58.8 Å². The Balaban J connectivity index is 0.00000190. The average Bonchev–Trinajstić information content (AvgIpc) is 3.32. The van der Waals surface area contributed by atoms with Crippen LogP contribution in [0, 0.1) is 5.92 Å². The lowest BCUT2D eigenvalue weighted by molar-refractivity contribution is -0.117. The van der Waals surface area contributed by atoms with E-state index in [2.05, 4.69) is 25.7 Å². The number of nitrogens with zero attached hydrogens (tertiary/aromatic N) is 3. The van der Waals surface area contributed by atoms with Crippen LogP contribution >= 0.6 is 36.6 Å². The van der Waals surface area contributed by atoms with E-state index in [-0.39, 0.29) is 30.7 Å². The van der Waals surface area contributed by atoms with Crippen LogP contribution in [0.5, 0.6) is 11.5 Å². The number of hydrogen-bond acceptors (Lipinski definition) is 6. The number of aryl methyl sites for hydroxylation is 1. The van der Waals surface area contributed by atoms with Crippen molar-refractivity contribution < 1.29 is 14.3 Å². The molecule has 2 aromatic heterocycles. The van der Waals surface area contributed by atoms with E-state index < -0.39 is 0 Å². The van der Waals surface area contributed by atoms with E-state index in [1.165, 1.54) is 17.3 Å². The zero-order valence-electron chi connectivity index (χ0n) is 21.1. The van der Waals surface area contributed by atoms with E-state index in [1.807, 2.05) is 42.6 Å². The number of halogens is 2. The van der Waals surface area contributed by atoms with Gasteiger partial charge in [-0.2, -0.15) is 0 Å². The normalized spacial score (nSPS) is 15.4. The summed E-state index contributed by atoms with van der Waals surface area (Å²) in [6, 6.07) is 12.1. The number of hydrogen-bond donors (Lipinski definition) is 1. The summed E-state index contributed by atoms with van der Waals surface area (Å²) in [7, 11) is 3.37. The Morgan fingerprint density at radius 2 is 1.89 bits per heavy atom. The number of thioether (sulfide) groups is 1. The maximum atomic E-state index is 12.9. The van der Waals surface area contributed by atoms with Gasteiger partial charge in [-0.3, -0.25) is 9.20 Å². The lowest BCUT2D eigenvalue weighted by Crippen LogP contribution is -2.39. The first kappa shape index (κ1) is 29.2. The van der Waals surface area contributed by atoms with Crippen LogP contribution in [-0.4, -0.2) is 60.6 Å². The van der Waals surface area contributed by atoms with Crippen LogP contribution in [0.15, 0.2) is 52.5 Å². The van der Waals surface area contributed by atoms with Crippen LogP contribution in [-0.2, 0) is 11.2 Å². The highest BCUT2D eigenvalue weighted by Crippen LogP contribution is 2.34. The average molecular weight is 566 g/mol. The van der Waals surface area contributed by atoms with Crippen LogP contribution in [0.2, 0.25) is 0 Å². The number of ether oxygens (including phenoxy) is 2. The second kappa shape index (κ2) is 13.4. The monoisotopic (exact) mass is 564 g/mol. The Morgan fingerprint density at radius 1 is 1.11 bits per heavy atom. The van der Waals surface area contributed by atoms with E-state index in [9.17, 15) is 4.79 Å². The second-order valence-electron chi connectivity index (χ2n) is 9.10. The first-order chi connectivity index (χ1) is 17.2. The second-order valence-corrected chi connectivity index (χ2v) is 10.2.